The maximum atomic E-state index is 13.6. The van der Waals surface area contributed by atoms with Crippen LogP contribution in [0.4, 0.5) is 15.8 Å². The molecule has 3 heteroatoms. The van der Waals surface area contributed by atoms with Crippen molar-refractivity contribution in [3.8, 4) is 0 Å². The van der Waals surface area contributed by atoms with Crippen LogP contribution in [-0.4, -0.2) is 19.1 Å². The Hall–Kier alpha value is -1.87. The summed E-state index contributed by atoms with van der Waals surface area (Å²) in [5, 5.41) is 3.48. The molecule has 0 bridgehead atoms. The lowest BCUT2D eigenvalue weighted by molar-refractivity contribution is 0.419. The topological polar surface area (TPSA) is 15.3 Å². The van der Waals surface area contributed by atoms with Gasteiger partial charge in [0, 0.05) is 29.9 Å². The summed E-state index contributed by atoms with van der Waals surface area (Å²) < 4.78 is 13.6. The summed E-state index contributed by atoms with van der Waals surface area (Å²) in [4.78, 5) is 2.32. The highest BCUT2D eigenvalue weighted by Gasteiger charge is 2.40. The van der Waals surface area contributed by atoms with E-state index in [0.29, 0.717) is 12.0 Å². The van der Waals surface area contributed by atoms with Gasteiger partial charge >= 0.3 is 0 Å². The van der Waals surface area contributed by atoms with E-state index >= 15 is 0 Å². The number of nitrogens with one attached hydrogen (secondary N) is 1. The molecular formula is C17H17FN2. The molecule has 2 aliphatic rings. The molecule has 2 aromatic rings. The summed E-state index contributed by atoms with van der Waals surface area (Å²) in [6.45, 7) is 2.04. The molecule has 2 aliphatic heterocycles. The Balaban J connectivity index is 1.85. The van der Waals surface area contributed by atoms with Crippen molar-refractivity contribution in [3.63, 3.8) is 0 Å². The number of anilines is 2. The van der Waals surface area contributed by atoms with Gasteiger partial charge in [-0.05, 0) is 42.8 Å². The molecule has 1 fully saturated rings. The minimum atomic E-state index is -0.169. The van der Waals surface area contributed by atoms with E-state index in [1.54, 1.807) is 12.1 Å². The van der Waals surface area contributed by atoms with Crippen molar-refractivity contribution in [3.05, 3.63) is 59.9 Å². The van der Waals surface area contributed by atoms with Crippen LogP contribution in [-0.2, 0) is 0 Å². The van der Waals surface area contributed by atoms with Crippen LogP contribution in [0.1, 0.15) is 17.9 Å². The second-order valence-corrected chi connectivity index (χ2v) is 5.58. The van der Waals surface area contributed by atoms with Gasteiger partial charge in [-0.15, -0.1) is 0 Å². The van der Waals surface area contributed by atoms with Crippen LogP contribution in [0.25, 0.3) is 0 Å². The van der Waals surface area contributed by atoms with Gasteiger partial charge in [-0.2, -0.15) is 0 Å². The van der Waals surface area contributed by atoms with Crippen LogP contribution in [0.15, 0.2) is 48.5 Å². The molecule has 2 nitrogen and oxygen atoms in total. The number of halogens is 1. The summed E-state index contributed by atoms with van der Waals surface area (Å²) >= 11 is 0. The zero-order valence-electron chi connectivity index (χ0n) is 11.2. The lowest BCUT2D eigenvalue weighted by Crippen LogP contribution is -2.42. The molecule has 1 N–H and O–H groups in total. The third-order valence-electron chi connectivity index (χ3n) is 4.46. The van der Waals surface area contributed by atoms with Crippen LogP contribution in [0.3, 0.4) is 0 Å². The molecule has 2 aromatic carbocycles. The number of piperidine rings is 1. The van der Waals surface area contributed by atoms with Crippen molar-refractivity contribution >= 4 is 11.4 Å². The van der Waals surface area contributed by atoms with Crippen molar-refractivity contribution in [1.82, 2.24) is 5.32 Å². The Morgan fingerprint density at radius 3 is 2.90 bits per heavy atom. The van der Waals surface area contributed by atoms with Gasteiger partial charge in [-0.25, -0.2) is 4.39 Å². The number of hydrogen-bond donors (Lipinski definition) is 1. The zero-order chi connectivity index (χ0) is 13.5. The molecule has 4 rings (SSSR count). The number of fused-ring (bicyclic) bond motifs is 3. The monoisotopic (exact) mass is 268 g/mol. The zero-order valence-corrected chi connectivity index (χ0v) is 11.2. The fourth-order valence-electron chi connectivity index (χ4n) is 3.63. The number of rotatable bonds is 1. The molecule has 2 heterocycles. The third-order valence-corrected chi connectivity index (χ3v) is 4.46. The minimum Gasteiger partial charge on any atom is -0.337 e. The smallest absolute Gasteiger partial charge is 0.125 e. The molecule has 0 aliphatic carbocycles. The fraction of sp³-hybridized carbons (Fsp3) is 0.294. The van der Waals surface area contributed by atoms with E-state index in [1.165, 1.54) is 17.3 Å². The lowest BCUT2D eigenvalue weighted by atomic mass is 9.90. The van der Waals surface area contributed by atoms with Crippen molar-refractivity contribution in [1.29, 1.82) is 0 Å². The largest absolute Gasteiger partial charge is 0.337 e. The van der Waals surface area contributed by atoms with Crippen molar-refractivity contribution in [2.75, 3.05) is 18.0 Å². The Labute approximate surface area is 118 Å². The fourth-order valence-corrected chi connectivity index (χ4v) is 3.63. The molecule has 0 unspecified atom stereocenters. The molecule has 102 valence electrons. The summed E-state index contributed by atoms with van der Waals surface area (Å²) in [6, 6.07) is 15.9. The highest BCUT2D eigenvalue weighted by molar-refractivity contribution is 5.73. The first-order valence-electron chi connectivity index (χ1n) is 7.19. The van der Waals surface area contributed by atoms with Crippen LogP contribution >= 0.6 is 0 Å². The number of nitrogens with zero attached hydrogens (tertiary/aromatic N) is 1. The predicted molar refractivity (Wildman–Crippen MR) is 79.0 cm³/mol. The molecule has 0 radical (unpaired) electrons. The Morgan fingerprint density at radius 1 is 1.10 bits per heavy atom. The molecule has 2 atom stereocenters. The molecule has 1 saturated heterocycles. The van der Waals surface area contributed by atoms with E-state index in [0.717, 1.165) is 25.2 Å². The van der Waals surface area contributed by atoms with Gasteiger partial charge in [-0.1, -0.05) is 24.3 Å². The van der Waals surface area contributed by atoms with Crippen molar-refractivity contribution in [2.24, 2.45) is 0 Å². The van der Waals surface area contributed by atoms with E-state index in [2.05, 4.69) is 34.5 Å². The lowest BCUT2D eigenvalue weighted by Gasteiger charge is -2.34. The Bertz CT molecular complexity index is 640. The summed E-state index contributed by atoms with van der Waals surface area (Å²) in [7, 11) is 0. The van der Waals surface area contributed by atoms with Gasteiger partial charge in [0.2, 0.25) is 0 Å². The Morgan fingerprint density at radius 2 is 2.00 bits per heavy atom. The normalized spacial score (nSPS) is 24.4. The summed E-state index contributed by atoms with van der Waals surface area (Å²) in [6.07, 6.45) is 1.09. The third kappa shape index (κ3) is 1.74. The Kier molecular flexibility index (Phi) is 2.74. The van der Waals surface area contributed by atoms with E-state index in [-0.39, 0.29) is 5.82 Å². The molecule has 0 aromatic heterocycles. The van der Waals surface area contributed by atoms with Crippen LogP contribution in [0.5, 0.6) is 0 Å². The highest BCUT2D eigenvalue weighted by atomic mass is 19.1. The first-order valence-corrected chi connectivity index (χ1v) is 7.19. The predicted octanol–water partition coefficient (Wildman–Crippen LogP) is 3.42. The van der Waals surface area contributed by atoms with E-state index < -0.39 is 0 Å². The average Bonchev–Trinajstić information content (AvgIpc) is 2.82. The quantitative estimate of drug-likeness (QED) is 0.852. The second-order valence-electron chi connectivity index (χ2n) is 5.58. The highest BCUT2D eigenvalue weighted by Crippen LogP contribution is 2.46. The number of para-hydroxylation sites is 1. The standard InChI is InChI=1S/C17H17FN2/c18-12-4-3-5-13(10-12)20-16-7-2-1-6-14(16)15-11-19-9-8-17(15)20/h1-7,10,15,17,19H,8-9,11H2/t15-,17+/m0/s1. The summed E-state index contributed by atoms with van der Waals surface area (Å²) in [5.41, 5.74) is 3.58. The van der Waals surface area contributed by atoms with E-state index in [1.807, 2.05) is 6.07 Å². The van der Waals surface area contributed by atoms with Gasteiger partial charge in [0.1, 0.15) is 5.82 Å². The van der Waals surface area contributed by atoms with Gasteiger partial charge in [0.25, 0.3) is 0 Å². The van der Waals surface area contributed by atoms with Gasteiger partial charge < -0.3 is 10.2 Å². The van der Waals surface area contributed by atoms with E-state index in [9.17, 15) is 4.39 Å². The van der Waals surface area contributed by atoms with Crippen LogP contribution in [0, 0.1) is 5.82 Å². The SMILES string of the molecule is Fc1cccc(N2c3ccccc3[C@@H]3CNCC[C@H]32)c1. The van der Waals surface area contributed by atoms with Crippen LogP contribution in [0.2, 0.25) is 0 Å². The van der Waals surface area contributed by atoms with Gasteiger partial charge in [0.05, 0.1) is 0 Å². The maximum Gasteiger partial charge on any atom is 0.125 e. The van der Waals surface area contributed by atoms with Crippen molar-refractivity contribution in [2.45, 2.75) is 18.4 Å². The molecule has 0 amide bonds. The van der Waals surface area contributed by atoms with Crippen molar-refractivity contribution < 1.29 is 4.39 Å². The number of hydrogen-bond acceptors (Lipinski definition) is 2. The summed E-state index contributed by atoms with van der Waals surface area (Å²) in [5.74, 6) is 0.334. The van der Waals surface area contributed by atoms with E-state index in [4.69, 9.17) is 0 Å². The van der Waals surface area contributed by atoms with Gasteiger partial charge in [-0.3, -0.25) is 0 Å². The maximum absolute atomic E-state index is 13.6. The molecule has 0 saturated carbocycles. The van der Waals surface area contributed by atoms with Gasteiger partial charge in [0.15, 0.2) is 0 Å². The molecule has 20 heavy (non-hydrogen) atoms. The molecule has 0 spiro atoms. The number of benzene rings is 2. The van der Waals surface area contributed by atoms with Crippen LogP contribution < -0.4 is 10.2 Å². The minimum absolute atomic E-state index is 0.169. The average molecular weight is 268 g/mol. The first kappa shape index (κ1) is 11.9. The first-order chi connectivity index (χ1) is 9.84. The second kappa shape index (κ2) is 4.60. The molecular weight excluding hydrogens is 251 g/mol.